The number of esters is 2. The van der Waals surface area contributed by atoms with Crippen LogP contribution >= 0.6 is 0 Å². The Bertz CT molecular complexity index is 1490. The molecule has 1 aliphatic rings. The quantitative estimate of drug-likeness (QED) is 0.0701. The molecule has 1 fully saturated rings. The van der Waals surface area contributed by atoms with Crippen LogP contribution in [0.3, 0.4) is 0 Å². The highest BCUT2D eigenvalue weighted by Crippen LogP contribution is 2.26. The van der Waals surface area contributed by atoms with Crippen molar-refractivity contribution in [3.8, 4) is 12.3 Å². The van der Waals surface area contributed by atoms with Gasteiger partial charge in [0, 0.05) is 46.5 Å². The number of likely N-dealkylation sites (N-methyl/N-ethyl adjacent to an activating group) is 2. The fraction of sp³-hybridized carbons (Fsp3) is 0.804. The van der Waals surface area contributed by atoms with Gasteiger partial charge in [0.25, 0.3) is 5.91 Å². The average molecular weight is 862 g/mol. The Labute approximate surface area is 366 Å². The normalized spacial score (nSPS) is 17.9. The van der Waals surface area contributed by atoms with Gasteiger partial charge in [-0.3, -0.25) is 24.0 Å². The third-order valence-electron chi connectivity index (χ3n) is 12.1. The number of nitrogens with one attached hydrogen (secondary N) is 2. The second-order valence-corrected chi connectivity index (χ2v) is 17.7. The van der Waals surface area contributed by atoms with E-state index in [0.717, 1.165) is 12.8 Å². The lowest BCUT2D eigenvalue weighted by Gasteiger charge is -2.36. The third-order valence-corrected chi connectivity index (χ3v) is 12.1. The molecule has 15 nitrogen and oxygen atoms in total. The summed E-state index contributed by atoms with van der Waals surface area (Å²) in [4.78, 5) is 100. The van der Waals surface area contributed by atoms with E-state index in [0.29, 0.717) is 51.5 Å². The van der Waals surface area contributed by atoms with Gasteiger partial charge in [-0.2, -0.15) is 0 Å². The van der Waals surface area contributed by atoms with Crippen LogP contribution in [0.4, 0.5) is 0 Å². The van der Waals surface area contributed by atoms with E-state index in [9.17, 15) is 33.6 Å². The molecule has 0 aromatic heterocycles. The molecule has 348 valence electrons. The molecule has 0 aromatic rings. The van der Waals surface area contributed by atoms with Crippen molar-refractivity contribution in [2.75, 3.05) is 34.9 Å². The maximum atomic E-state index is 14.3. The molecule has 1 aliphatic heterocycles. The summed E-state index contributed by atoms with van der Waals surface area (Å²) >= 11 is 0. The summed E-state index contributed by atoms with van der Waals surface area (Å²) in [5.41, 5.74) is 0. The van der Waals surface area contributed by atoms with E-state index in [-0.39, 0.29) is 24.3 Å². The van der Waals surface area contributed by atoms with Crippen molar-refractivity contribution < 1.29 is 47.8 Å². The summed E-state index contributed by atoms with van der Waals surface area (Å²) < 4.78 is 16.5. The summed E-state index contributed by atoms with van der Waals surface area (Å²) in [7, 11) is 5.98. The van der Waals surface area contributed by atoms with E-state index < -0.39 is 95.6 Å². The minimum atomic E-state index is -1.20. The molecule has 1 rings (SSSR count). The number of carbonyl (C=O) groups is 7. The lowest BCUT2D eigenvalue weighted by atomic mass is 9.94. The summed E-state index contributed by atoms with van der Waals surface area (Å²) in [6.45, 7) is 18.4. The monoisotopic (exact) mass is 862 g/mol. The first kappa shape index (κ1) is 54.8. The van der Waals surface area contributed by atoms with Crippen LogP contribution in [0.15, 0.2) is 0 Å². The fourth-order valence-corrected chi connectivity index (χ4v) is 7.82. The number of unbranched alkanes of at least 4 members (excludes halogenated alkanes) is 1. The molecule has 0 aromatic carbocycles. The first-order chi connectivity index (χ1) is 28.6. The Morgan fingerprint density at radius 3 is 1.85 bits per heavy atom. The molecule has 0 unspecified atom stereocenters. The van der Waals surface area contributed by atoms with Gasteiger partial charge in [-0.25, -0.2) is 9.59 Å². The smallest absolute Gasteiger partial charge is 0.329 e. The van der Waals surface area contributed by atoms with Crippen molar-refractivity contribution in [2.24, 2.45) is 29.6 Å². The fourth-order valence-electron chi connectivity index (χ4n) is 7.82. The van der Waals surface area contributed by atoms with Gasteiger partial charge >= 0.3 is 11.9 Å². The van der Waals surface area contributed by atoms with Crippen LogP contribution in [0, 0.1) is 41.9 Å². The number of carbonyl (C=O) groups excluding carboxylic acids is 7. The average Bonchev–Trinajstić information content (AvgIpc) is 3.72. The molecule has 0 radical (unpaired) electrons. The van der Waals surface area contributed by atoms with Gasteiger partial charge in [-0.05, 0) is 68.6 Å². The molecule has 0 aliphatic carbocycles. The van der Waals surface area contributed by atoms with Gasteiger partial charge in [0.05, 0.1) is 13.2 Å². The molecule has 1 saturated heterocycles. The Kier molecular flexibility index (Phi) is 24.3. The Hall–Kier alpha value is -4.19. The minimum Gasteiger partial charge on any atom is -0.467 e. The third kappa shape index (κ3) is 15.9. The zero-order valence-corrected chi connectivity index (χ0v) is 39.7. The van der Waals surface area contributed by atoms with E-state index in [4.69, 9.17) is 20.6 Å². The lowest BCUT2D eigenvalue weighted by molar-refractivity contribution is -0.172. The number of hydrogen-bond donors (Lipinski definition) is 2. The van der Waals surface area contributed by atoms with Crippen LogP contribution in [0.5, 0.6) is 0 Å². The second kappa shape index (κ2) is 27.0. The number of methoxy groups -OCH3 is 2. The molecule has 9 atom stereocenters. The number of terminal acetylenes is 1. The van der Waals surface area contributed by atoms with E-state index >= 15 is 0 Å². The molecule has 15 heteroatoms. The summed E-state index contributed by atoms with van der Waals surface area (Å²) in [5, 5.41) is 5.74. The first-order valence-corrected chi connectivity index (χ1v) is 22.3. The second-order valence-electron chi connectivity index (χ2n) is 17.7. The summed E-state index contributed by atoms with van der Waals surface area (Å²) in [6.07, 6.45) is 10.1. The van der Waals surface area contributed by atoms with Gasteiger partial charge < -0.3 is 39.5 Å². The lowest BCUT2D eigenvalue weighted by Crippen LogP contribution is -2.61. The number of likely N-dealkylation sites (tertiary alicyclic amines) is 1. The van der Waals surface area contributed by atoms with Crippen LogP contribution in [0.1, 0.15) is 133 Å². The van der Waals surface area contributed by atoms with Gasteiger partial charge in [0.2, 0.25) is 23.6 Å². The SMILES string of the molecule is C#CCCC[C@H](CCCC(=O)N(C)[C@H](C(=O)N[C@H](C(=O)N[C@H](C(=O)N(C)[C@H](C(=O)O[C@H](C(=O)N1CCC[C@H]1C(=O)OC)[C@@H](C)CC)C(C)C)C(C)C)C(C)C)[C@@H](C)CC)OC. The van der Waals surface area contributed by atoms with Crippen LogP contribution in [-0.2, 0) is 47.8 Å². The first-order valence-electron chi connectivity index (χ1n) is 22.3. The molecule has 0 bridgehead atoms. The topological polar surface area (TPSA) is 181 Å². The van der Waals surface area contributed by atoms with Crippen molar-refractivity contribution in [2.45, 2.75) is 176 Å². The molecule has 0 saturated carbocycles. The van der Waals surface area contributed by atoms with E-state index in [1.807, 2.05) is 20.8 Å². The van der Waals surface area contributed by atoms with Crippen molar-refractivity contribution in [3.63, 3.8) is 0 Å². The molecule has 5 amide bonds. The molecular weight excluding hydrogens is 783 g/mol. The zero-order valence-electron chi connectivity index (χ0n) is 39.7. The van der Waals surface area contributed by atoms with E-state index in [2.05, 4.69) is 16.6 Å². The molecular formula is C46H79N5O10. The number of amides is 5. The maximum absolute atomic E-state index is 14.3. The van der Waals surface area contributed by atoms with Crippen molar-refractivity contribution in [1.29, 1.82) is 0 Å². The molecule has 0 spiro atoms. The molecule has 1 heterocycles. The van der Waals surface area contributed by atoms with Crippen LogP contribution in [0.25, 0.3) is 0 Å². The van der Waals surface area contributed by atoms with Gasteiger partial charge in [-0.1, -0.05) is 75.7 Å². The van der Waals surface area contributed by atoms with Crippen LogP contribution in [0.2, 0.25) is 0 Å². The maximum Gasteiger partial charge on any atom is 0.329 e. The van der Waals surface area contributed by atoms with Crippen LogP contribution < -0.4 is 10.6 Å². The number of rotatable bonds is 26. The number of hydrogen-bond acceptors (Lipinski definition) is 10. The standard InChI is InChI=1S/C46H79N5O10/c1-16-19-20-23-33(59-14)24-21-26-35(52)49(12)39(31(10)17-2)42(54)47-36(28(4)5)41(53)48-37(29(6)7)43(55)50(13)38(30(8)9)46(58)61-40(32(11)18-3)44(56)51-27-22-25-34(51)45(57)60-15/h1,28-34,36-40H,17-27H2,2-15H3,(H,47,54)(H,48,53)/t31-,32-,33+,34-,36-,37-,38-,39-,40-/m0/s1. The van der Waals surface area contributed by atoms with Crippen LogP contribution in [-0.4, -0.2) is 133 Å². The Morgan fingerprint density at radius 2 is 1.34 bits per heavy atom. The van der Waals surface area contributed by atoms with Gasteiger partial charge in [0.15, 0.2) is 6.10 Å². The van der Waals surface area contributed by atoms with E-state index in [1.54, 1.807) is 62.6 Å². The van der Waals surface area contributed by atoms with Gasteiger partial charge in [-0.15, -0.1) is 12.3 Å². The highest BCUT2D eigenvalue weighted by Gasteiger charge is 2.44. The summed E-state index contributed by atoms with van der Waals surface area (Å²) in [6, 6.07) is -4.90. The Morgan fingerprint density at radius 1 is 0.770 bits per heavy atom. The zero-order chi connectivity index (χ0) is 46.7. The highest BCUT2D eigenvalue weighted by molar-refractivity contribution is 5.96. The van der Waals surface area contributed by atoms with Crippen molar-refractivity contribution in [1.82, 2.24) is 25.3 Å². The predicted octanol–water partition coefficient (Wildman–Crippen LogP) is 4.73. The van der Waals surface area contributed by atoms with Crippen molar-refractivity contribution in [3.05, 3.63) is 0 Å². The predicted molar refractivity (Wildman–Crippen MR) is 234 cm³/mol. The minimum absolute atomic E-state index is 0.0158. The molecule has 61 heavy (non-hydrogen) atoms. The number of nitrogens with zero attached hydrogens (tertiary/aromatic N) is 3. The molecule has 2 N–H and O–H groups in total. The van der Waals surface area contributed by atoms with E-state index in [1.165, 1.54) is 28.9 Å². The van der Waals surface area contributed by atoms with Gasteiger partial charge in [0.1, 0.15) is 30.2 Å². The van der Waals surface area contributed by atoms with Crippen molar-refractivity contribution >= 4 is 41.5 Å². The largest absolute Gasteiger partial charge is 0.467 e. The summed E-state index contributed by atoms with van der Waals surface area (Å²) in [5.74, 6) is -2.90. The Balaban J connectivity index is 3.26. The number of ether oxygens (including phenoxy) is 3. The highest BCUT2D eigenvalue weighted by atomic mass is 16.6.